The molecule has 0 saturated carbocycles. The first kappa shape index (κ1) is 14.3. The summed E-state index contributed by atoms with van der Waals surface area (Å²) in [5.41, 5.74) is 0. The van der Waals surface area contributed by atoms with Gasteiger partial charge in [0.05, 0.1) is 6.10 Å². The number of piperazine rings is 1. The first-order valence-electron chi connectivity index (χ1n) is 7.23. The van der Waals surface area contributed by atoms with Crippen LogP contribution in [0.2, 0.25) is 0 Å². The molecule has 3 rings (SSSR count). The molecule has 7 heteroatoms. The molecule has 3 heterocycles. The average Bonchev–Trinajstić information content (AvgIpc) is 3.17. The zero-order valence-electron chi connectivity index (χ0n) is 11.7. The van der Waals surface area contributed by atoms with Crippen LogP contribution in [0.1, 0.15) is 23.8 Å². The zero-order chi connectivity index (χ0) is 14.7. The maximum Gasteiger partial charge on any atom is 0.318 e. The van der Waals surface area contributed by atoms with E-state index in [1.807, 2.05) is 17.5 Å². The van der Waals surface area contributed by atoms with Crippen molar-refractivity contribution in [2.45, 2.75) is 25.0 Å². The Labute approximate surface area is 127 Å². The molecule has 1 aromatic rings. The largest absolute Gasteiger partial charge is 0.376 e. The summed E-state index contributed by atoms with van der Waals surface area (Å²) in [5.74, 6) is -0.115. The molecule has 6 nitrogen and oxygen atoms in total. The predicted octanol–water partition coefficient (Wildman–Crippen LogP) is 1.11. The van der Waals surface area contributed by atoms with Crippen LogP contribution in [0.4, 0.5) is 4.79 Å². The SMILES string of the molecule is O=C1NCCN(C(=O)NC[C@@H]2CCCO2)[C@H]1c1cccs1. The second-order valence-electron chi connectivity index (χ2n) is 5.22. The van der Waals surface area contributed by atoms with Crippen molar-refractivity contribution in [3.63, 3.8) is 0 Å². The molecule has 0 aliphatic carbocycles. The van der Waals surface area contributed by atoms with Gasteiger partial charge in [0.15, 0.2) is 0 Å². The fourth-order valence-corrected chi connectivity index (χ4v) is 3.56. The molecule has 2 N–H and O–H groups in total. The summed E-state index contributed by atoms with van der Waals surface area (Å²) in [4.78, 5) is 27.0. The topological polar surface area (TPSA) is 70.7 Å². The molecule has 2 atom stereocenters. The molecule has 1 aromatic heterocycles. The summed E-state index contributed by atoms with van der Waals surface area (Å²) in [5, 5.41) is 7.63. The van der Waals surface area contributed by atoms with E-state index in [-0.39, 0.29) is 18.0 Å². The number of urea groups is 1. The van der Waals surface area contributed by atoms with Gasteiger partial charge in [-0.15, -0.1) is 11.3 Å². The Morgan fingerprint density at radius 1 is 1.57 bits per heavy atom. The number of thiophene rings is 1. The minimum atomic E-state index is -0.525. The van der Waals surface area contributed by atoms with E-state index in [4.69, 9.17) is 4.74 Å². The fourth-order valence-electron chi connectivity index (χ4n) is 2.72. The lowest BCUT2D eigenvalue weighted by Crippen LogP contribution is -2.55. The number of amides is 3. The highest BCUT2D eigenvalue weighted by molar-refractivity contribution is 7.10. The number of ether oxygens (including phenoxy) is 1. The van der Waals surface area contributed by atoms with E-state index in [0.717, 1.165) is 24.3 Å². The van der Waals surface area contributed by atoms with Gasteiger partial charge < -0.3 is 20.3 Å². The lowest BCUT2D eigenvalue weighted by atomic mass is 10.1. The second-order valence-corrected chi connectivity index (χ2v) is 6.20. The fraction of sp³-hybridized carbons (Fsp3) is 0.571. The van der Waals surface area contributed by atoms with Crippen molar-refractivity contribution in [1.82, 2.24) is 15.5 Å². The summed E-state index contributed by atoms with van der Waals surface area (Å²) in [7, 11) is 0. The van der Waals surface area contributed by atoms with Crippen LogP contribution in [0.15, 0.2) is 17.5 Å². The molecular weight excluding hydrogens is 290 g/mol. The van der Waals surface area contributed by atoms with Crippen molar-refractivity contribution in [3.05, 3.63) is 22.4 Å². The van der Waals surface area contributed by atoms with E-state index in [9.17, 15) is 9.59 Å². The highest BCUT2D eigenvalue weighted by Crippen LogP contribution is 2.27. The number of hydrogen-bond acceptors (Lipinski definition) is 4. The average molecular weight is 309 g/mol. The van der Waals surface area contributed by atoms with Crippen LogP contribution in [0.5, 0.6) is 0 Å². The Kier molecular flexibility index (Phi) is 4.40. The Morgan fingerprint density at radius 3 is 3.19 bits per heavy atom. The van der Waals surface area contributed by atoms with Crippen LogP contribution in [0.25, 0.3) is 0 Å². The van der Waals surface area contributed by atoms with Gasteiger partial charge in [-0.2, -0.15) is 0 Å². The molecule has 0 aromatic carbocycles. The van der Waals surface area contributed by atoms with Crippen LogP contribution >= 0.6 is 11.3 Å². The molecule has 2 fully saturated rings. The number of hydrogen-bond donors (Lipinski definition) is 2. The number of nitrogens with zero attached hydrogens (tertiary/aromatic N) is 1. The highest BCUT2D eigenvalue weighted by atomic mass is 32.1. The molecule has 21 heavy (non-hydrogen) atoms. The van der Waals surface area contributed by atoms with Crippen LogP contribution < -0.4 is 10.6 Å². The first-order valence-corrected chi connectivity index (χ1v) is 8.11. The molecule has 2 aliphatic rings. The molecule has 2 saturated heterocycles. The molecule has 0 spiro atoms. The lowest BCUT2D eigenvalue weighted by molar-refractivity contribution is -0.127. The second kappa shape index (κ2) is 6.44. The van der Waals surface area contributed by atoms with Gasteiger partial charge in [0.1, 0.15) is 6.04 Å². The van der Waals surface area contributed by atoms with Gasteiger partial charge in [0.2, 0.25) is 5.91 Å². The van der Waals surface area contributed by atoms with Crippen LogP contribution in [-0.4, -0.2) is 49.2 Å². The Hall–Kier alpha value is -1.60. The molecule has 0 bridgehead atoms. The normalized spacial score (nSPS) is 25.7. The van der Waals surface area contributed by atoms with E-state index in [1.165, 1.54) is 11.3 Å². The molecule has 0 radical (unpaired) electrons. The Bertz CT molecular complexity index is 500. The minimum Gasteiger partial charge on any atom is -0.376 e. The monoisotopic (exact) mass is 309 g/mol. The van der Waals surface area contributed by atoms with E-state index >= 15 is 0 Å². The molecule has 114 valence electrons. The maximum atomic E-state index is 12.4. The molecule has 0 unspecified atom stereocenters. The van der Waals surface area contributed by atoms with E-state index in [1.54, 1.807) is 4.90 Å². The van der Waals surface area contributed by atoms with Gasteiger partial charge in [-0.1, -0.05) is 6.07 Å². The van der Waals surface area contributed by atoms with Crippen LogP contribution in [0, 0.1) is 0 Å². The molecule has 3 amide bonds. The van der Waals surface area contributed by atoms with Crippen molar-refractivity contribution >= 4 is 23.3 Å². The van der Waals surface area contributed by atoms with E-state index in [2.05, 4.69) is 10.6 Å². The third kappa shape index (κ3) is 3.19. The minimum absolute atomic E-state index is 0.104. The van der Waals surface area contributed by atoms with Crippen molar-refractivity contribution in [2.24, 2.45) is 0 Å². The van der Waals surface area contributed by atoms with E-state index < -0.39 is 6.04 Å². The molecule has 2 aliphatic heterocycles. The van der Waals surface area contributed by atoms with Gasteiger partial charge in [-0.25, -0.2) is 4.79 Å². The quantitative estimate of drug-likeness (QED) is 0.879. The molecular formula is C14H19N3O3S. The summed E-state index contributed by atoms with van der Waals surface area (Å²) in [6.07, 6.45) is 2.13. The van der Waals surface area contributed by atoms with Crippen LogP contribution in [0.3, 0.4) is 0 Å². The van der Waals surface area contributed by atoms with Crippen molar-refractivity contribution in [1.29, 1.82) is 0 Å². The van der Waals surface area contributed by atoms with Crippen molar-refractivity contribution < 1.29 is 14.3 Å². The third-order valence-corrected chi connectivity index (χ3v) is 4.72. The van der Waals surface area contributed by atoms with Gasteiger partial charge in [-0.05, 0) is 24.3 Å². The number of nitrogens with one attached hydrogen (secondary N) is 2. The van der Waals surface area contributed by atoms with Gasteiger partial charge >= 0.3 is 6.03 Å². The highest BCUT2D eigenvalue weighted by Gasteiger charge is 2.35. The lowest BCUT2D eigenvalue weighted by Gasteiger charge is -2.34. The van der Waals surface area contributed by atoms with E-state index in [0.29, 0.717) is 19.6 Å². The Balaban J connectivity index is 1.65. The zero-order valence-corrected chi connectivity index (χ0v) is 12.5. The third-order valence-electron chi connectivity index (χ3n) is 3.79. The summed E-state index contributed by atoms with van der Waals surface area (Å²) in [6, 6.07) is 3.06. The summed E-state index contributed by atoms with van der Waals surface area (Å²) >= 11 is 1.49. The predicted molar refractivity (Wildman–Crippen MR) is 79.1 cm³/mol. The van der Waals surface area contributed by atoms with Gasteiger partial charge in [0.25, 0.3) is 0 Å². The number of rotatable bonds is 3. The van der Waals surface area contributed by atoms with Crippen molar-refractivity contribution in [2.75, 3.05) is 26.2 Å². The smallest absolute Gasteiger partial charge is 0.318 e. The summed E-state index contributed by atoms with van der Waals surface area (Å²) in [6.45, 7) is 2.29. The number of carbonyl (C=O) groups excluding carboxylic acids is 2. The van der Waals surface area contributed by atoms with Gasteiger partial charge in [-0.3, -0.25) is 4.79 Å². The van der Waals surface area contributed by atoms with Crippen molar-refractivity contribution in [3.8, 4) is 0 Å². The van der Waals surface area contributed by atoms with Gasteiger partial charge in [0, 0.05) is 31.1 Å². The first-order chi connectivity index (χ1) is 10.3. The maximum absolute atomic E-state index is 12.4. The van der Waals surface area contributed by atoms with Crippen LogP contribution in [-0.2, 0) is 9.53 Å². The number of carbonyl (C=O) groups is 2. The Morgan fingerprint density at radius 2 is 2.48 bits per heavy atom. The summed E-state index contributed by atoms with van der Waals surface area (Å²) < 4.78 is 5.50. The standard InChI is InChI=1S/C14H19N3O3S/c18-13-12(11-4-2-8-21-11)17(6-5-15-13)14(19)16-9-10-3-1-7-20-10/h2,4,8,10,12H,1,3,5-7,9H2,(H,15,18)(H,16,19)/t10-,12-/m0/s1.